The number of anilines is 2. The molecule has 0 bridgehead atoms. The summed E-state index contributed by atoms with van der Waals surface area (Å²) >= 11 is 6.23. The van der Waals surface area contributed by atoms with Gasteiger partial charge in [0.1, 0.15) is 0 Å². The van der Waals surface area contributed by atoms with Crippen molar-refractivity contribution in [3.8, 4) is 0 Å². The van der Waals surface area contributed by atoms with E-state index in [2.05, 4.69) is 34.8 Å². The first-order valence-electron chi connectivity index (χ1n) is 6.34. The molecule has 3 rings (SSSR count). The van der Waals surface area contributed by atoms with E-state index in [0.29, 0.717) is 0 Å². The van der Waals surface area contributed by atoms with Crippen LogP contribution in [0.25, 0.3) is 0 Å². The molecule has 3 nitrogen and oxygen atoms in total. The van der Waals surface area contributed by atoms with Gasteiger partial charge in [0, 0.05) is 35.1 Å². The number of nitrogens with zero attached hydrogens (tertiary/aromatic N) is 3. The smallest absolute Gasteiger partial charge is 0.155 e. The molecule has 0 saturated carbocycles. The molecule has 0 saturated heterocycles. The molecule has 0 N–H and O–H groups in total. The summed E-state index contributed by atoms with van der Waals surface area (Å²) in [6.07, 6.45) is 3.50. The summed E-state index contributed by atoms with van der Waals surface area (Å²) < 4.78 is 0. The van der Waals surface area contributed by atoms with Crippen LogP contribution in [0.1, 0.15) is 25.1 Å². The minimum Gasteiger partial charge on any atom is -0.324 e. The largest absolute Gasteiger partial charge is 0.324 e. The highest BCUT2D eigenvalue weighted by molar-refractivity contribution is 6.31. The summed E-state index contributed by atoms with van der Waals surface area (Å²) in [6.45, 7) is 7.26. The molecule has 0 spiro atoms. The fraction of sp³-hybridized carbons (Fsp3) is 0.333. The zero-order valence-electron chi connectivity index (χ0n) is 11.3. The topological polar surface area (TPSA) is 29.0 Å². The van der Waals surface area contributed by atoms with Crippen LogP contribution in [0, 0.1) is 6.92 Å². The van der Waals surface area contributed by atoms with E-state index in [0.717, 1.165) is 34.3 Å². The van der Waals surface area contributed by atoms with Crippen LogP contribution in [-0.4, -0.2) is 16.5 Å². The second-order valence-corrected chi connectivity index (χ2v) is 6.04. The zero-order valence-corrected chi connectivity index (χ0v) is 12.1. The van der Waals surface area contributed by atoms with Crippen LogP contribution in [0.15, 0.2) is 30.6 Å². The Morgan fingerprint density at radius 3 is 2.68 bits per heavy atom. The number of hydrogen-bond donors (Lipinski definition) is 0. The van der Waals surface area contributed by atoms with Crippen LogP contribution in [0.3, 0.4) is 0 Å². The van der Waals surface area contributed by atoms with Crippen LogP contribution in [-0.2, 0) is 5.41 Å². The molecule has 19 heavy (non-hydrogen) atoms. The van der Waals surface area contributed by atoms with Crippen LogP contribution in [0.4, 0.5) is 11.5 Å². The molecule has 0 radical (unpaired) electrons. The van der Waals surface area contributed by atoms with E-state index >= 15 is 0 Å². The van der Waals surface area contributed by atoms with Gasteiger partial charge < -0.3 is 4.90 Å². The number of halogens is 1. The zero-order chi connectivity index (χ0) is 13.6. The van der Waals surface area contributed by atoms with Gasteiger partial charge in [-0.3, -0.25) is 4.98 Å². The van der Waals surface area contributed by atoms with Gasteiger partial charge in [-0.15, -0.1) is 0 Å². The Bertz CT molecular complexity index is 637. The minimum atomic E-state index is 0.000948. The van der Waals surface area contributed by atoms with Gasteiger partial charge >= 0.3 is 0 Å². The van der Waals surface area contributed by atoms with Gasteiger partial charge in [-0.05, 0) is 24.6 Å². The summed E-state index contributed by atoms with van der Waals surface area (Å²) in [5.41, 5.74) is 3.21. The molecule has 1 aromatic heterocycles. The number of rotatable bonds is 1. The van der Waals surface area contributed by atoms with Crippen LogP contribution in [0.5, 0.6) is 0 Å². The average Bonchev–Trinajstić information content (AvgIpc) is 2.66. The highest BCUT2D eigenvalue weighted by atomic mass is 35.5. The molecule has 0 aliphatic carbocycles. The monoisotopic (exact) mass is 273 g/mol. The molecule has 98 valence electrons. The standard InChI is InChI=1S/C15H16ClN3/c1-10-4-5-11(8-12(10)16)19-9-15(2,3)13-14(19)18-7-6-17-13/h4-8H,9H2,1-3H3. The van der Waals surface area contributed by atoms with Crippen LogP contribution in [0.2, 0.25) is 5.02 Å². The molecule has 2 aromatic rings. The van der Waals surface area contributed by atoms with Crippen molar-refractivity contribution in [1.82, 2.24) is 9.97 Å². The van der Waals surface area contributed by atoms with E-state index in [9.17, 15) is 0 Å². The average molecular weight is 274 g/mol. The normalized spacial score (nSPS) is 16.5. The van der Waals surface area contributed by atoms with Crippen molar-refractivity contribution < 1.29 is 0 Å². The third-order valence-electron chi connectivity index (χ3n) is 3.60. The highest BCUT2D eigenvalue weighted by Crippen LogP contribution is 2.41. The lowest BCUT2D eigenvalue weighted by molar-refractivity contribution is 0.553. The molecule has 1 aliphatic rings. The molecule has 2 heterocycles. The summed E-state index contributed by atoms with van der Waals surface area (Å²) in [5.74, 6) is 0.937. The Morgan fingerprint density at radius 1 is 1.21 bits per heavy atom. The number of aromatic nitrogens is 2. The highest BCUT2D eigenvalue weighted by Gasteiger charge is 2.38. The van der Waals surface area contributed by atoms with Gasteiger partial charge in [0.25, 0.3) is 0 Å². The molecule has 0 amide bonds. The van der Waals surface area contributed by atoms with E-state index in [4.69, 9.17) is 11.6 Å². The van der Waals surface area contributed by atoms with Crippen molar-refractivity contribution in [3.63, 3.8) is 0 Å². The molecule has 1 aliphatic heterocycles. The van der Waals surface area contributed by atoms with Crippen LogP contribution < -0.4 is 4.90 Å². The van der Waals surface area contributed by atoms with Gasteiger partial charge in [0.15, 0.2) is 5.82 Å². The van der Waals surface area contributed by atoms with Gasteiger partial charge in [0.2, 0.25) is 0 Å². The molecule has 4 heteroatoms. The molecule has 0 atom stereocenters. The second kappa shape index (κ2) is 4.20. The molecule has 0 fully saturated rings. The van der Waals surface area contributed by atoms with E-state index in [1.807, 2.05) is 19.1 Å². The Labute approximate surface area is 118 Å². The first-order chi connectivity index (χ1) is 8.99. The van der Waals surface area contributed by atoms with Gasteiger partial charge in [0.05, 0.1) is 5.69 Å². The van der Waals surface area contributed by atoms with E-state index in [1.165, 1.54) is 0 Å². The Morgan fingerprint density at radius 2 is 1.95 bits per heavy atom. The predicted octanol–water partition coefficient (Wildman–Crippen LogP) is 3.87. The van der Waals surface area contributed by atoms with Crippen molar-refractivity contribution in [3.05, 3.63) is 46.9 Å². The Kier molecular flexibility index (Phi) is 2.75. The Balaban J connectivity index is 2.10. The van der Waals surface area contributed by atoms with Crippen molar-refractivity contribution in [2.24, 2.45) is 0 Å². The molecule has 1 aromatic carbocycles. The lowest BCUT2D eigenvalue weighted by Gasteiger charge is -2.21. The molecular formula is C15H16ClN3. The quantitative estimate of drug-likeness (QED) is 0.790. The molecular weight excluding hydrogens is 258 g/mol. The van der Waals surface area contributed by atoms with Crippen molar-refractivity contribution >= 4 is 23.1 Å². The van der Waals surface area contributed by atoms with Gasteiger partial charge in [-0.2, -0.15) is 0 Å². The summed E-state index contributed by atoms with van der Waals surface area (Å²) in [5, 5.41) is 0.785. The Hall–Kier alpha value is -1.61. The lowest BCUT2D eigenvalue weighted by Crippen LogP contribution is -2.25. The minimum absolute atomic E-state index is 0.000948. The summed E-state index contributed by atoms with van der Waals surface area (Å²) in [6, 6.07) is 6.12. The second-order valence-electron chi connectivity index (χ2n) is 5.63. The first-order valence-corrected chi connectivity index (χ1v) is 6.72. The fourth-order valence-electron chi connectivity index (χ4n) is 2.51. The number of benzene rings is 1. The SMILES string of the molecule is Cc1ccc(N2CC(C)(C)c3nccnc32)cc1Cl. The lowest BCUT2D eigenvalue weighted by atomic mass is 9.92. The molecule has 0 unspecified atom stereocenters. The third kappa shape index (κ3) is 1.98. The summed E-state index contributed by atoms with van der Waals surface area (Å²) in [4.78, 5) is 11.2. The third-order valence-corrected chi connectivity index (χ3v) is 4.00. The van der Waals surface area contributed by atoms with Crippen LogP contribution >= 0.6 is 11.6 Å². The van der Waals surface area contributed by atoms with Gasteiger partial charge in [-0.25, -0.2) is 4.98 Å². The maximum Gasteiger partial charge on any atom is 0.155 e. The number of aryl methyl sites for hydroxylation is 1. The predicted molar refractivity (Wildman–Crippen MR) is 78.3 cm³/mol. The maximum atomic E-state index is 6.23. The first kappa shape index (κ1) is 12.4. The van der Waals surface area contributed by atoms with E-state index in [1.54, 1.807) is 12.4 Å². The van der Waals surface area contributed by atoms with E-state index in [-0.39, 0.29) is 5.41 Å². The number of hydrogen-bond acceptors (Lipinski definition) is 3. The fourth-order valence-corrected chi connectivity index (χ4v) is 2.69. The van der Waals surface area contributed by atoms with Crippen molar-refractivity contribution in [2.45, 2.75) is 26.2 Å². The number of fused-ring (bicyclic) bond motifs is 1. The van der Waals surface area contributed by atoms with E-state index < -0.39 is 0 Å². The van der Waals surface area contributed by atoms with Gasteiger partial charge in [-0.1, -0.05) is 31.5 Å². The summed E-state index contributed by atoms with van der Waals surface area (Å²) in [7, 11) is 0. The maximum absolute atomic E-state index is 6.23. The van der Waals surface area contributed by atoms with Crippen molar-refractivity contribution in [1.29, 1.82) is 0 Å². The van der Waals surface area contributed by atoms with Crippen molar-refractivity contribution in [2.75, 3.05) is 11.4 Å².